The summed E-state index contributed by atoms with van der Waals surface area (Å²) in [4.78, 5) is 60.7. The number of aldehydes is 1. The molecule has 0 aromatic carbocycles. The van der Waals surface area contributed by atoms with Crippen LogP contribution in [0.3, 0.4) is 0 Å². The maximum absolute atomic E-state index is 12.7. The van der Waals surface area contributed by atoms with Crippen LogP contribution in [0.25, 0.3) is 0 Å². The second kappa shape index (κ2) is 17.0. The third kappa shape index (κ3) is 12.9. The van der Waals surface area contributed by atoms with Gasteiger partial charge >= 0.3 is 0 Å². The Kier molecular flexibility index (Phi) is 15.7. The van der Waals surface area contributed by atoms with E-state index < -0.39 is 41.9 Å². The third-order valence-electron chi connectivity index (χ3n) is 5.10. The molecule has 0 unspecified atom stereocenters. The zero-order valence-electron chi connectivity index (χ0n) is 20.3. The zero-order chi connectivity index (χ0) is 25.4. The molecule has 4 atom stereocenters. The highest BCUT2D eigenvalue weighted by Crippen LogP contribution is 2.06. The average Bonchev–Trinajstić information content (AvgIpc) is 2.75. The van der Waals surface area contributed by atoms with Gasteiger partial charge in [0.15, 0.2) is 0 Å². The summed E-state index contributed by atoms with van der Waals surface area (Å²) in [5.41, 5.74) is 10.9. The van der Waals surface area contributed by atoms with Gasteiger partial charge in [-0.15, -0.1) is 0 Å². The van der Waals surface area contributed by atoms with Gasteiger partial charge in [-0.2, -0.15) is 0 Å². The Morgan fingerprint density at radius 1 is 0.758 bits per heavy atom. The maximum Gasteiger partial charge on any atom is 0.243 e. The molecule has 0 heterocycles. The van der Waals surface area contributed by atoms with Gasteiger partial charge < -0.3 is 37.5 Å². The van der Waals surface area contributed by atoms with Crippen molar-refractivity contribution in [3.8, 4) is 0 Å². The summed E-state index contributed by atoms with van der Waals surface area (Å²) in [6, 6.07) is -3.27. The Morgan fingerprint density at radius 2 is 1.33 bits per heavy atom. The molecule has 0 rings (SSSR count). The first-order valence-electron chi connectivity index (χ1n) is 11.6. The van der Waals surface area contributed by atoms with Crippen LogP contribution in [-0.4, -0.2) is 67.2 Å². The molecule has 4 amide bonds. The van der Waals surface area contributed by atoms with Crippen molar-refractivity contribution in [1.29, 1.82) is 0 Å². The predicted octanol–water partition coefficient (Wildman–Crippen LogP) is -0.922. The van der Waals surface area contributed by atoms with E-state index in [9.17, 15) is 24.0 Å². The van der Waals surface area contributed by atoms with Gasteiger partial charge in [-0.3, -0.25) is 19.2 Å². The molecule has 0 aliphatic heterocycles. The minimum atomic E-state index is -0.941. The molecule has 0 aliphatic carbocycles. The molecule has 0 aromatic heterocycles. The second-order valence-electron chi connectivity index (χ2n) is 8.53. The van der Waals surface area contributed by atoms with E-state index in [1.165, 1.54) is 13.8 Å². The number of nitrogens with one attached hydrogen (secondary N) is 4. The largest absolute Gasteiger partial charge is 0.345 e. The number of hydrogen-bond acceptors (Lipinski definition) is 7. The van der Waals surface area contributed by atoms with Crippen molar-refractivity contribution in [2.24, 2.45) is 17.4 Å². The van der Waals surface area contributed by atoms with E-state index >= 15 is 0 Å². The second-order valence-corrected chi connectivity index (χ2v) is 8.53. The summed E-state index contributed by atoms with van der Waals surface area (Å²) in [7, 11) is 0. The first-order valence-corrected chi connectivity index (χ1v) is 11.6. The lowest BCUT2D eigenvalue weighted by atomic mass is 10.0. The van der Waals surface area contributed by atoms with Gasteiger partial charge in [-0.1, -0.05) is 13.8 Å². The average molecular weight is 471 g/mol. The molecular weight excluding hydrogens is 428 g/mol. The molecule has 0 saturated heterocycles. The molecule has 0 fully saturated rings. The van der Waals surface area contributed by atoms with Gasteiger partial charge in [0.05, 0.1) is 6.04 Å². The first-order chi connectivity index (χ1) is 15.6. The predicted molar refractivity (Wildman–Crippen MR) is 126 cm³/mol. The van der Waals surface area contributed by atoms with Gasteiger partial charge in [0.25, 0.3) is 0 Å². The molecule has 190 valence electrons. The highest BCUT2D eigenvalue weighted by Gasteiger charge is 2.29. The molecular formula is C22H42N6O5. The summed E-state index contributed by atoms with van der Waals surface area (Å²) in [6.45, 7) is 7.32. The molecule has 0 saturated carbocycles. The van der Waals surface area contributed by atoms with Crippen LogP contribution in [0.5, 0.6) is 0 Å². The smallest absolute Gasteiger partial charge is 0.243 e. The van der Waals surface area contributed by atoms with Crippen LogP contribution < -0.4 is 32.7 Å². The van der Waals surface area contributed by atoms with Gasteiger partial charge in [-0.05, 0) is 64.5 Å². The van der Waals surface area contributed by atoms with E-state index in [0.29, 0.717) is 51.5 Å². The van der Waals surface area contributed by atoms with E-state index in [4.69, 9.17) is 11.5 Å². The van der Waals surface area contributed by atoms with Crippen molar-refractivity contribution >= 4 is 29.9 Å². The van der Waals surface area contributed by atoms with Gasteiger partial charge in [0.2, 0.25) is 23.6 Å². The Hall–Kier alpha value is -2.53. The van der Waals surface area contributed by atoms with Crippen molar-refractivity contribution in [2.75, 3.05) is 13.1 Å². The number of nitrogens with two attached hydrogens (primary N) is 2. The highest BCUT2D eigenvalue weighted by molar-refractivity contribution is 5.94. The summed E-state index contributed by atoms with van der Waals surface area (Å²) in [6.07, 6.45) is 4.32. The molecule has 11 nitrogen and oxygen atoms in total. The van der Waals surface area contributed by atoms with Crippen molar-refractivity contribution < 1.29 is 24.0 Å². The number of amides is 4. The number of carbonyl (C=O) groups excluding carboxylic acids is 5. The maximum atomic E-state index is 12.7. The van der Waals surface area contributed by atoms with E-state index in [1.807, 2.05) is 0 Å². The fourth-order valence-corrected chi connectivity index (χ4v) is 3.16. The number of rotatable bonds is 17. The van der Waals surface area contributed by atoms with Crippen LogP contribution in [0.4, 0.5) is 0 Å². The zero-order valence-corrected chi connectivity index (χ0v) is 20.3. The Labute approximate surface area is 196 Å². The summed E-state index contributed by atoms with van der Waals surface area (Å²) < 4.78 is 0. The lowest BCUT2D eigenvalue weighted by Crippen LogP contribution is -2.57. The van der Waals surface area contributed by atoms with E-state index in [0.717, 1.165) is 6.42 Å². The van der Waals surface area contributed by atoms with Crippen LogP contribution in [0.1, 0.15) is 66.2 Å². The molecule has 8 N–H and O–H groups in total. The summed E-state index contributed by atoms with van der Waals surface area (Å²) >= 11 is 0. The molecule has 33 heavy (non-hydrogen) atoms. The van der Waals surface area contributed by atoms with Crippen LogP contribution in [-0.2, 0) is 24.0 Å². The molecule has 0 radical (unpaired) electrons. The molecule has 0 bridgehead atoms. The normalized spacial score (nSPS) is 14.5. The summed E-state index contributed by atoms with van der Waals surface area (Å²) in [5.74, 6) is -2.12. The minimum absolute atomic E-state index is 0.253. The molecule has 0 spiro atoms. The van der Waals surface area contributed by atoms with Gasteiger partial charge in [-0.25, -0.2) is 0 Å². The highest BCUT2D eigenvalue weighted by atomic mass is 16.2. The van der Waals surface area contributed by atoms with Crippen LogP contribution in [0.2, 0.25) is 0 Å². The number of unbranched alkanes of at least 4 members (excludes halogenated alkanes) is 2. The van der Waals surface area contributed by atoms with Crippen LogP contribution >= 0.6 is 0 Å². The van der Waals surface area contributed by atoms with Crippen molar-refractivity contribution in [3.05, 3.63) is 0 Å². The van der Waals surface area contributed by atoms with E-state index in [1.54, 1.807) is 13.8 Å². The molecule has 11 heteroatoms. The topological polar surface area (TPSA) is 186 Å². The Morgan fingerprint density at radius 3 is 1.82 bits per heavy atom. The van der Waals surface area contributed by atoms with Gasteiger partial charge in [0, 0.05) is 6.92 Å². The lowest BCUT2D eigenvalue weighted by molar-refractivity contribution is -0.134. The molecule has 0 aromatic rings. The van der Waals surface area contributed by atoms with Gasteiger partial charge in [0.1, 0.15) is 24.4 Å². The molecule has 0 aliphatic rings. The number of carbonyl (C=O) groups is 5. The van der Waals surface area contributed by atoms with Crippen molar-refractivity contribution in [2.45, 2.75) is 90.4 Å². The van der Waals surface area contributed by atoms with E-state index in [-0.39, 0.29) is 11.8 Å². The Bertz CT molecular complexity index is 643. The van der Waals surface area contributed by atoms with Crippen molar-refractivity contribution in [1.82, 2.24) is 21.3 Å². The minimum Gasteiger partial charge on any atom is -0.345 e. The van der Waals surface area contributed by atoms with Crippen LogP contribution in [0, 0.1) is 5.92 Å². The SMILES string of the molecule is CC(=O)N[C@@H](CCCCN)C(=O)N[C@@H](C)C(=O)N[C@H](C(=O)N[C@H](C=O)CCCCN)C(C)C. The standard InChI is InChI=1S/C22H42N6O5/c1-14(2)19(22(33)27-17(13-29)9-5-7-11-23)28-20(31)15(3)25-21(32)18(26-16(4)30)10-6-8-12-24/h13-15,17-19H,5-12,23-24H2,1-4H3,(H,25,32)(H,26,30)(H,27,33)(H,28,31)/t15-,17-,18-,19-/m0/s1. The van der Waals surface area contributed by atoms with Crippen LogP contribution in [0.15, 0.2) is 0 Å². The monoisotopic (exact) mass is 470 g/mol. The fraction of sp³-hybridized carbons (Fsp3) is 0.773. The fourth-order valence-electron chi connectivity index (χ4n) is 3.16. The lowest BCUT2D eigenvalue weighted by Gasteiger charge is -2.26. The Balaban J connectivity index is 5.01. The number of hydrogen-bond donors (Lipinski definition) is 6. The summed E-state index contributed by atoms with van der Waals surface area (Å²) in [5, 5.41) is 10.5. The quantitative estimate of drug-likeness (QED) is 0.117. The van der Waals surface area contributed by atoms with Crippen molar-refractivity contribution in [3.63, 3.8) is 0 Å². The third-order valence-corrected chi connectivity index (χ3v) is 5.10. The first kappa shape index (κ1) is 30.5. The van der Waals surface area contributed by atoms with E-state index in [2.05, 4.69) is 21.3 Å².